The predicted octanol–water partition coefficient (Wildman–Crippen LogP) is -5.66. The average Bonchev–Trinajstić information content (AvgIpc) is 1.56. The molecule has 15 amide bonds. The normalized spacial score (nSPS) is 25.4. The molecule has 3 aromatic rings. The Kier molecular flexibility index (Phi) is 36.3. The van der Waals surface area contributed by atoms with Crippen molar-refractivity contribution >= 4 is 112 Å². The van der Waals surface area contributed by atoms with Gasteiger partial charge in [0.2, 0.25) is 88.6 Å². The van der Waals surface area contributed by atoms with Gasteiger partial charge in [-0.3, -0.25) is 81.5 Å². The van der Waals surface area contributed by atoms with Gasteiger partial charge in [0.1, 0.15) is 78.5 Å². The lowest BCUT2D eigenvalue weighted by Crippen LogP contribution is -2.64. The zero-order valence-electron chi connectivity index (χ0n) is 63.8. The van der Waals surface area contributed by atoms with Gasteiger partial charge in [-0.2, -0.15) is 13.2 Å². The number of alkyl halides is 3. The van der Waals surface area contributed by atoms with E-state index in [1.807, 2.05) is 0 Å². The van der Waals surface area contributed by atoms with Crippen LogP contribution in [0.25, 0.3) is 0 Å². The molecule has 2 saturated heterocycles. The van der Waals surface area contributed by atoms with Crippen LogP contribution in [0.1, 0.15) is 89.0 Å². The van der Waals surface area contributed by atoms with Gasteiger partial charge in [-0.1, -0.05) is 86.6 Å². The van der Waals surface area contributed by atoms with Crippen LogP contribution < -0.4 is 64.2 Å². The van der Waals surface area contributed by atoms with Gasteiger partial charge in [-0.25, -0.2) is 0 Å². The number of nitrogens with zero attached hydrogens (tertiary/aromatic N) is 3. The lowest BCUT2D eigenvalue weighted by atomic mass is 10.00. The first kappa shape index (κ1) is 94.2. The Labute approximate surface area is 661 Å². The van der Waals surface area contributed by atoms with Crippen LogP contribution in [0.15, 0.2) is 84.9 Å². The number of aliphatic hydroxyl groups excluding tert-OH is 4. The van der Waals surface area contributed by atoms with Gasteiger partial charge < -0.3 is 110 Å². The van der Waals surface area contributed by atoms with Crippen LogP contribution in [0, 0.1) is 5.92 Å². The minimum atomic E-state index is -4.85. The minimum Gasteiger partial charge on any atom is -0.481 e. The number of hydrogen-bond acceptors (Lipinski definition) is 22. The number of amides is 15. The quantitative estimate of drug-likeness (QED) is 0.0532. The number of carboxylic acids is 2. The molecule has 38 nitrogen and oxygen atoms in total. The van der Waals surface area contributed by atoms with Crippen molar-refractivity contribution in [2.24, 2.45) is 11.7 Å². The van der Waals surface area contributed by atoms with Crippen LogP contribution in [0.2, 0.25) is 0 Å². The van der Waals surface area contributed by atoms with Crippen LogP contribution in [0.5, 0.6) is 0 Å². The van der Waals surface area contributed by atoms with Gasteiger partial charge in [-0.15, -0.1) is 11.8 Å². The highest BCUT2D eigenvalue weighted by molar-refractivity contribution is 8.00. The number of nitrogens with two attached hydrogens (primary N) is 1. The molecule has 0 saturated carbocycles. The van der Waals surface area contributed by atoms with Gasteiger partial charge >= 0.3 is 18.1 Å². The van der Waals surface area contributed by atoms with E-state index in [0.29, 0.717) is 35.0 Å². The molecule has 42 heteroatoms. The van der Waals surface area contributed by atoms with Crippen molar-refractivity contribution in [2.75, 3.05) is 51.9 Å². The summed E-state index contributed by atoms with van der Waals surface area (Å²) in [6.45, 7) is 2.50. The Morgan fingerprint density at radius 2 is 1.01 bits per heavy atom. The fourth-order valence-electron chi connectivity index (χ4n) is 12.1. The number of carbonyl (C=O) groups is 17. The summed E-state index contributed by atoms with van der Waals surface area (Å²) in [5.41, 5.74) is 4.94. The largest absolute Gasteiger partial charge is 0.481 e. The highest BCUT2D eigenvalue weighted by Gasteiger charge is 2.44. The van der Waals surface area contributed by atoms with Crippen molar-refractivity contribution in [3.63, 3.8) is 0 Å². The number of halogens is 3. The number of benzene rings is 3. The maximum atomic E-state index is 15.0. The summed E-state index contributed by atoms with van der Waals surface area (Å²) in [7, 11) is 2.06. The fraction of sp³-hybridized carbons (Fsp3) is 0.521. The molecule has 1 unspecified atom stereocenters. The number of nitrogens with one attached hydrogen (secondary N) is 11. The number of carboxylic acid groups (broad SMARTS) is 2. The van der Waals surface area contributed by atoms with Crippen LogP contribution in [-0.4, -0.2) is 289 Å². The van der Waals surface area contributed by atoms with Crippen LogP contribution in [0.3, 0.4) is 0 Å². The molecule has 5 rings (SSSR count). The number of aliphatic carboxylic acids is 2. The van der Waals surface area contributed by atoms with Gasteiger partial charge in [0, 0.05) is 52.1 Å². The van der Waals surface area contributed by atoms with Crippen molar-refractivity contribution in [1.82, 2.24) is 73.2 Å². The van der Waals surface area contributed by atoms with Crippen LogP contribution in [-0.2, 0) is 107 Å². The Morgan fingerprint density at radius 3 is 1.55 bits per heavy atom. The van der Waals surface area contributed by atoms with Gasteiger partial charge in [-0.05, 0) is 74.8 Å². The molecular weight excluding hydrogens is 1540 g/mol. The van der Waals surface area contributed by atoms with Crippen molar-refractivity contribution in [1.29, 1.82) is 0 Å². The van der Waals surface area contributed by atoms with E-state index in [4.69, 9.17) is 5.73 Å². The van der Waals surface area contributed by atoms with Crippen molar-refractivity contribution in [2.45, 2.75) is 183 Å². The third-order valence-corrected chi connectivity index (χ3v) is 19.7. The van der Waals surface area contributed by atoms with E-state index in [9.17, 15) is 121 Å². The van der Waals surface area contributed by atoms with Crippen molar-refractivity contribution < 1.29 is 125 Å². The molecule has 0 bridgehead atoms. The second-order valence-electron chi connectivity index (χ2n) is 27.8. The maximum Gasteiger partial charge on any atom is 0.416 e. The standard InChI is InChI=1S/C73H98F3N15O23S/c1-36(2)57-67(109)81-46(30-56(100)101)64(106)87-59(39(5)95)69(111)88-58(38(4)94)68(110)84-48(32-92)71(113)90(7)52(29-41-17-12-9-13-18-41)66(108)82-47(28-42-20-22-43(23-21-42)73(74,75)76)70(112)89(6)37(3)60(102)80-44(24-25-55(98)99)62(104)83-49(33-93)72(114)91-26-14-19-51(91)65(107)85-50(61(103)78-31-53(77)96)34-115-35-54(97)79-45(63(105)86-57)27-40-15-10-8-11-16-40/h8-13,15-18,20-23,36-39,44-52,57-59,92-95H,14,19,24-35H2,1-7H3,(H2,77,96)(H,78,103)(H,79,97)(H,80,102)(H,81,109)(H,82,108)(H,83,104)(H,84,110)(H,85,107)(H,86,105)(H,87,106)(H,88,111)(H,98,99)(H,100,101)/t37-,38+,39+,44-,45-,46-,47-,48-,49-,50-,51-,52-,57?,58-,59-/m0/s1. The molecular formula is C73H98F3N15O23S. The number of primary amides is 1. The summed E-state index contributed by atoms with van der Waals surface area (Å²) < 4.78 is 41.6. The molecule has 3 aromatic carbocycles. The molecule has 0 aromatic heterocycles. The number of fused-ring (bicyclic) bond motifs is 1. The van der Waals surface area contributed by atoms with E-state index in [-0.39, 0.29) is 31.4 Å². The first-order valence-corrected chi connectivity index (χ1v) is 37.5. The van der Waals surface area contributed by atoms with E-state index < -0.39 is 272 Å². The molecule has 15 atom stereocenters. The third-order valence-electron chi connectivity index (χ3n) is 18.7. The smallest absolute Gasteiger partial charge is 0.416 e. The lowest BCUT2D eigenvalue weighted by Gasteiger charge is -2.34. The zero-order chi connectivity index (χ0) is 85.9. The number of carbonyl (C=O) groups excluding carboxylic acids is 15. The predicted molar refractivity (Wildman–Crippen MR) is 399 cm³/mol. The first-order chi connectivity index (χ1) is 54.1. The SMILES string of the molecule is CC(C)C1NC(=O)[C@H](Cc2ccccc2)NC(=O)CSC[C@@H](C(=O)NCC(N)=O)NC(=O)[C@@H]2CCCN2C(=O)[C@H](CO)NC(=O)[C@H](CCC(=O)O)NC(=O)[C@H](C)N(C)C(=O)[C@H](Cc2ccc(C(F)(F)F)cc2)NC(=O)[C@H](Cc2ccccc2)N(C)C(=O)[C@H](CO)NC(=O)[C@H]([C@@H](C)O)NC(=O)[C@H]([C@@H](C)O)NC(=O)[C@H](CC(=O)O)NC1=O. The van der Waals surface area contributed by atoms with Crippen LogP contribution >= 0.6 is 11.8 Å². The molecule has 2 aliphatic heterocycles. The summed E-state index contributed by atoms with van der Waals surface area (Å²) >= 11 is 0.710. The van der Waals surface area contributed by atoms with E-state index in [1.165, 1.54) is 26.0 Å². The minimum absolute atomic E-state index is 0.0292. The molecule has 2 aliphatic rings. The highest BCUT2D eigenvalue weighted by Crippen LogP contribution is 2.30. The van der Waals surface area contributed by atoms with Gasteiger partial charge in [0.25, 0.3) is 0 Å². The average molecular weight is 1640 g/mol. The first-order valence-electron chi connectivity index (χ1n) is 36.3. The lowest BCUT2D eigenvalue weighted by molar-refractivity contribution is -0.146. The van der Waals surface area contributed by atoms with E-state index in [1.54, 1.807) is 48.5 Å². The Morgan fingerprint density at radius 1 is 0.539 bits per heavy atom. The van der Waals surface area contributed by atoms with Gasteiger partial charge in [0.05, 0.1) is 49.7 Å². The molecule has 115 heavy (non-hydrogen) atoms. The zero-order valence-corrected chi connectivity index (χ0v) is 64.6. The Bertz CT molecular complexity index is 3980. The summed E-state index contributed by atoms with van der Waals surface area (Å²) in [6, 6.07) is -5.00. The molecule has 2 heterocycles. The topological polar surface area (TPSA) is 580 Å². The van der Waals surface area contributed by atoms with E-state index >= 15 is 4.79 Å². The summed E-state index contributed by atoms with van der Waals surface area (Å²) in [6.07, 6.45) is -12.8. The fourth-order valence-corrected chi connectivity index (χ4v) is 12.9. The number of thioether (sulfide) groups is 1. The molecule has 2 fully saturated rings. The highest BCUT2D eigenvalue weighted by atomic mass is 32.2. The summed E-state index contributed by atoms with van der Waals surface area (Å²) in [4.78, 5) is 239. The third kappa shape index (κ3) is 28.6. The Balaban J connectivity index is 1.61. The molecule has 0 aliphatic carbocycles. The second kappa shape index (κ2) is 44.3. The second-order valence-corrected chi connectivity index (χ2v) is 28.9. The molecule has 0 radical (unpaired) electrons. The molecule has 630 valence electrons. The number of aliphatic hydroxyl groups is 4. The Hall–Kier alpha value is -11.4. The monoisotopic (exact) mass is 1640 g/mol. The van der Waals surface area contributed by atoms with Gasteiger partial charge in [0.15, 0.2) is 0 Å². The maximum absolute atomic E-state index is 15.0. The number of likely N-dealkylation sites (N-methyl/N-ethyl adjacent to an activating group) is 2. The summed E-state index contributed by atoms with van der Waals surface area (Å²) in [5.74, 6) is -22.9. The van der Waals surface area contributed by atoms with Crippen LogP contribution in [0.4, 0.5) is 13.2 Å². The van der Waals surface area contributed by atoms with E-state index in [2.05, 4.69) is 58.5 Å². The summed E-state index contributed by atoms with van der Waals surface area (Å²) in [5, 5.41) is 88.5. The molecule has 19 N–H and O–H groups in total. The van der Waals surface area contributed by atoms with Crippen molar-refractivity contribution in [3.05, 3.63) is 107 Å². The van der Waals surface area contributed by atoms with E-state index in [0.717, 1.165) is 61.7 Å². The number of hydrogen-bond donors (Lipinski definition) is 18. The number of rotatable bonds is 19. The van der Waals surface area contributed by atoms with Crippen molar-refractivity contribution in [3.8, 4) is 0 Å². The molecule has 0 spiro atoms.